The van der Waals surface area contributed by atoms with Crippen LogP contribution in [0.2, 0.25) is 0 Å². The molecule has 2 aromatic carbocycles. The highest BCUT2D eigenvalue weighted by molar-refractivity contribution is 5.30. The van der Waals surface area contributed by atoms with Gasteiger partial charge in [0.15, 0.2) is 0 Å². The Bertz CT molecular complexity index is 939. The van der Waals surface area contributed by atoms with E-state index in [0.29, 0.717) is 5.92 Å². The molecule has 2 nitrogen and oxygen atoms in total. The molecule has 1 heterocycles. The van der Waals surface area contributed by atoms with Gasteiger partial charge in [0.1, 0.15) is 5.66 Å². The monoisotopic (exact) mass is 573 g/mol. The minimum Gasteiger partial charge on any atom is -0.353 e. The van der Waals surface area contributed by atoms with Gasteiger partial charge in [0.2, 0.25) is 0 Å². The van der Waals surface area contributed by atoms with Crippen molar-refractivity contribution < 1.29 is 0 Å². The zero-order chi connectivity index (χ0) is 29.7. The lowest BCUT2D eigenvalue weighted by Gasteiger charge is -2.51. The molecular formula is C40H64N2. The summed E-state index contributed by atoms with van der Waals surface area (Å²) >= 11 is 0. The summed E-state index contributed by atoms with van der Waals surface area (Å²) in [6.45, 7) is 9.32. The van der Waals surface area contributed by atoms with Crippen molar-refractivity contribution in [1.82, 2.24) is 9.80 Å². The van der Waals surface area contributed by atoms with Gasteiger partial charge in [0, 0.05) is 37.8 Å². The smallest absolute Gasteiger partial charge is 0.123 e. The molecular weight excluding hydrogens is 508 g/mol. The maximum Gasteiger partial charge on any atom is 0.123 e. The Balaban J connectivity index is 1.70. The van der Waals surface area contributed by atoms with Crippen LogP contribution >= 0.6 is 0 Å². The van der Waals surface area contributed by atoms with Gasteiger partial charge in [0.05, 0.1) is 0 Å². The lowest BCUT2D eigenvalue weighted by atomic mass is 9.78. The highest BCUT2D eigenvalue weighted by atomic mass is 15.4. The number of unbranched alkanes of at least 4 members (excludes halogenated alkanes) is 15. The van der Waals surface area contributed by atoms with Gasteiger partial charge in [-0.2, -0.15) is 0 Å². The van der Waals surface area contributed by atoms with E-state index in [1.807, 2.05) is 0 Å². The highest BCUT2D eigenvalue weighted by Gasteiger charge is 2.49. The second-order valence-corrected chi connectivity index (χ2v) is 12.9. The van der Waals surface area contributed by atoms with Crippen molar-refractivity contribution in [1.29, 1.82) is 0 Å². The Labute approximate surface area is 261 Å². The summed E-state index contributed by atoms with van der Waals surface area (Å²) in [5.74, 6) is 0.446. The summed E-state index contributed by atoms with van der Waals surface area (Å²) in [6, 6.07) is 22.7. The van der Waals surface area contributed by atoms with Crippen LogP contribution in [0.25, 0.3) is 0 Å². The summed E-state index contributed by atoms with van der Waals surface area (Å²) in [5, 5.41) is 0. The fraction of sp³-hybridized carbons (Fsp3) is 0.650. The Morgan fingerprint density at radius 3 is 1.33 bits per heavy atom. The molecule has 2 aromatic rings. The van der Waals surface area contributed by atoms with Crippen molar-refractivity contribution in [3.63, 3.8) is 0 Å². The summed E-state index contributed by atoms with van der Waals surface area (Å²) < 4.78 is 0. The number of hydrogen-bond acceptors (Lipinski definition) is 2. The quantitative estimate of drug-likeness (QED) is 0.115. The highest BCUT2D eigenvalue weighted by Crippen LogP contribution is 2.45. The van der Waals surface area contributed by atoms with Gasteiger partial charge in [-0.1, -0.05) is 178 Å². The van der Waals surface area contributed by atoms with E-state index in [2.05, 4.69) is 104 Å². The third-order valence-electron chi connectivity index (χ3n) is 9.65. The first-order chi connectivity index (χ1) is 20.8. The molecule has 1 aliphatic heterocycles. The largest absolute Gasteiger partial charge is 0.353 e. The molecule has 0 aromatic heterocycles. The van der Waals surface area contributed by atoms with Crippen molar-refractivity contribution >= 4 is 0 Å². The van der Waals surface area contributed by atoms with E-state index >= 15 is 0 Å². The van der Waals surface area contributed by atoms with Crippen LogP contribution in [0.4, 0.5) is 0 Å². The molecule has 2 atom stereocenters. The van der Waals surface area contributed by atoms with E-state index in [1.54, 1.807) is 0 Å². The van der Waals surface area contributed by atoms with Gasteiger partial charge in [0.25, 0.3) is 0 Å². The Hall–Kier alpha value is -2.22. The number of rotatable bonds is 24. The molecule has 0 aliphatic carbocycles. The fourth-order valence-corrected chi connectivity index (χ4v) is 7.27. The third-order valence-corrected chi connectivity index (χ3v) is 9.65. The molecule has 2 heteroatoms. The molecule has 0 saturated heterocycles. The van der Waals surface area contributed by atoms with Crippen molar-refractivity contribution in [3.8, 4) is 0 Å². The van der Waals surface area contributed by atoms with E-state index in [9.17, 15) is 0 Å². The zero-order valence-electron chi connectivity index (χ0n) is 27.7. The van der Waals surface area contributed by atoms with Crippen LogP contribution in [0.1, 0.15) is 153 Å². The molecule has 0 radical (unpaired) electrons. The molecule has 0 N–H and O–H groups in total. The fourth-order valence-electron chi connectivity index (χ4n) is 7.27. The first kappa shape index (κ1) is 34.3. The first-order valence-electron chi connectivity index (χ1n) is 18.1. The topological polar surface area (TPSA) is 6.48 Å². The Morgan fingerprint density at radius 1 is 0.500 bits per heavy atom. The lowest BCUT2D eigenvalue weighted by Crippen LogP contribution is -2.59. The van der Waals surface area contributed by atoms with Crippen LogP contribution in [0.3, 0.4) is 0 Å². The molecule has 0 amide bonds. The summed E-state index contributed by atoms with van der Waals surface area (Å²) in [4.78, 5) is 5.53. The molecule has 234 valence electrons. The second-order valence-electron chi connectivity index (χ2n) is 12.9. The normalized spacial score (nSPS) is 17.3. The van der Waals surface area contributed by atoms with E-state index < -0.39 is 0 Å². The first-order valence-corrected chi connectivity index (χ1v) is 18.1. The van der Waals surface area contributed by atoms with Crippen LogP contribution in [0.5, 0.6) is 0 Å². The number of benzene rings is 2. The minimum absolute atomic E-state index is 0.0562. The van der Waals surface area contributed by atoms with Crippen molar-refractivity contribution in [3.05, 3.63) is 84.2 Å². The van der Waals surface area contributed by atoms with Crippen LogP contribution in [-0.4, -0.2) is 28.6 Å². The van der Waals surface area contributed by atoms with Gasteiger partial charge in [-0.15, -0.1) is 0 Å². The Morgan fingerprint density at radius 2 is 0.905 bits per heavy atom. The van der Waals surface area contributed by atoms with Crippen molar-refractivity contribution in [2.45, 2.75) is 154 Å². The van der Waals surface area contributed by atoms with E-state index in [1.165, 1.54) is 120 Å². The van der Waals surface area contributed by atoms with Gasteiger partial charge >= 0.3 is 0 Å². The van der Waals surface area contributed by atoms with Crippen LogP contribution in [-0.2, 0) is 6.42 Å². The van der Waals surface area contributed by atoms with Gasteiger partial charge < -0.3 is 9.80 Å². The van der Waals surface area contributed by atoms with Crippen LogP contribution < -0.4 is 0 Å². The van der Waals surface area contributed by atoms with Crippen LogP contribution in [0, 0.1) is 0 Å². The molecule has 42 heavy (non-hydrogen) atoms. The van der Waals surface area contributed by atoms with Crippen LogP contribution in [0.15, 0.2) is 73.1 Å². The third kappa shape index (κ3) is 10.8. The minimum atomic E-state index is -0.0562. The van der Waals surface area contributed by atoms with Gasteiger partial charge in [-0.05, 0) is 30.4 Å². The number of nitrogens with zero attached hydrogens (tertiary/aromatic N) is 2. The lowest BCUT2D eigenvalue weighted by molar-refractivity contribution is -0.00378. The van der Waals surface area contributed by atoms with E-state index in [4.69, 9.17) is 0 Å². The molecule has 2 unspecified atom stereocenters. The molecule has 0 fully saturated rings. The summed E-state index contributed by atoms with van der Waals surface area (Å²) in [5.41, 5.74) is 2.88. The average Bonchev–Trinajstić information content (AvgIpc) is 3.35. The summed E-state index contributed by atoms with van der Waals surface area (Å²) in [7, 11) is 0. The molecule has 0 saturated carbocycles. The van der Waals surface area contributed by atoms with Crippen molar-refractivity contribution in [2.75, 3.05) is 13.1 Å². The van der Waals surface area contributed by atoms with Gasteiger partial charge in [-0.3, -0.25) is 0 Å². The van der Waals surface area contributed by atoms with Gasteiger partial charge in [-0.25, -0.2) is 0 Å². The summed E-state index contributed by atoms with van der Waals surface area (Å²) in [6.07, 6.45) is 30.5. The maximum atomic E-state index is 2.77. The second kappa shape index (κ2) is 20.6. The predicted octanol–water partition coefficient (Wildman–Crippen LogP) is 11.9. The standard InChI is InChI=1S/C40H64N2/c1-4-7-9-11-13-14-15-16-17-19-27-33-42-35-34-41(32-26-18-12-10-8-5-2)40(42,36-37-28-22-20-23-29-37)39(6-3)38-30-24-21-25-31-38/h20-25,28-31,34-35,39H,4-19,26-27,32-33,36H2,1-3H3. The molecule has 1 aliphatic rings. The van der Waals surface area contributed by atoms with E-state index in [0.717, 1.165) is 25.9 Å². The predicted molar refractivity (Wildman–Crippen MR) is 185 cm³/mol. The Kier molecular flexibility index (Phi) is 16.8. The number of hydrogen-bond donors (Lipinski definition) is 0. The molecule has 0 bridgehead atoms. The zero-order valence-corrected chi connectivity index (χ0v) is 27.7. The molecule has 0 spiro atoms. The SMILES string of the molecule is CCCCCCCCCCCCCN1C=CN(CCCCCCCC)C1(Cc1ccccc1)C(CC)c1ccccc1. The van der Waals surface area contributed by atoms with E-state index in [-0.39, 0.29) is 5.66 Å². The average molecular weight is 573 g/mol. The van der Waals surface area contributed by atoms with Crippen molar-refractivity contribution in [2.24, 2.45) is 0 Å². The maximum absolute atomic E-state index is 2.77. The molecule has 3 rings (SSSR count).